The largest absolute Gasteiger partial charge is 0.395 e. The highest BCUT2D eigenvalue weighted by molar-refractivity contribution is 5.97. The minimum Gasteiger partial charge on any atom is -0.395 e. The first kappa shape index (κ1) is 13.9. The molecule has 106 valence electrons. The number of likely N-dealkylation sites (tertiary alicyclic amines) is 1. The van der Waals surface area contributed by atoms with Gasteiger partial charge in [0.25, 0.3) is 5.91 Å². The van der Waals surface area contributed by atoms with E-state index < -0.39 is 0 Å². The molecule has 6 nitrogen and oxygen atoms in total. The summed E-state index contributed by atoms with van der Waals surface area (Å²) in [5.41, 5.74) is 7.63. The summed E-state index contributed by atoms with van der Waals surface area (Å²) in [5.74, 6) is 0.420. The van der Waals surface area contributed by atoms with E-state index in [9.17, 15) is 4.79 Å². The Morgan fingerprint density at radius 2 is 2.32 bits per heavy atom. The molecule has 0 saturated carbocycles. The molecule has 0 aliphatic carbocycles. The van der Waals surface area contributed by atoms with Crippen molar-refractivity contribution in [2.24, 2.45) is 5.92 Å². The molecular weight excluding hydrogens is 242 g/mol. The summed E-state index contributed by atoms with van der Waals surface area (Å²) in [5, 5.41) is 7.25. The molecule has 1 atom stereocenters. The standard InChI is InChI=1S/C13H23N5O/c1-4-18-12(11(14)9(2)16-18)13(19)15-7-10-5-6-17(3)8-10/h10H,4-8,14H2,1-3H3,(H,15,19). The van der Waals surface area contributed by atoms with Gasteiger partial charge in [0.05, 0.1) is 11.4 Å². The molecule has 2 rings (SSSR count). The number of aryl methyl sites for hydroxylation is 2. The van der Waals surface area contributed by atoms with Crippen LogP contribution in [0, 0.1) is 12.8 Å². The fourth-order valence-electron chi connectivity index (χ4n) is 2.58. The summed E-state index contributed by atoms with van der Waals surface area (Å²) in [7, 11) is 2.11. The molecule has 1 aliphatic rings. The molecule has 1 aromatic heterocycles. The molecule has 0 radical (unpaired) electrons. The van der Waals surface area contributed by atoms with Gasteiger partial charge in [-0.05, 0) is 39.8 Å². The molecule has 1 aromatic rings. The van der Waals surface area contributed by atoms with Gasteiger partial charge in [-0.2, -0.15) is 5.10 Å². The highest BCUT2D eigenvalue weighted by Crippen LogP contribution is 2.17. The third kappa shape index (κ3) is 2.89. The van der Waals surface area contributed by atoms with Gasteiger partial charge in [-0.1, -0.05) is 0 Å². The van der Waals surface area contributed by atoms with E-state index in [0.717, 1.165) is 19.5 Å². The van der Waals surface area contributed by atoms with E-state index in [2.05, 4.69) is 22.4 Å². The van der Waals surface area contributed by atoms with Crippen molar-refractivity contribution in [3.05, 3.63) is 11.4 Å². The summed E-state index contributed by atoms with van der Waals surface area (Å²) in [6.45, 7) is 7.28. The number of anilines is 1. The van der Waals surface area contributed by atoms with Crippen LogP contribution in [-0.4, -0.2) is 47.3 Å². The number of nitrogens with zero attached hydrogens (tertiary/aromatic N) is 3. The normalized spacial score (nSPS) is 19.8. The Balaban J connectivity index is 2.00. The molecule has 1 saturated heterocycles. The lowest BCUT2D eigenvalue weighted by Gasteiger charge is -2.12. The first-order valence-corrected chi connectivity index (χ1v) is 6.82. The minimum absolute atomic E-state index is 0.116. The fourth-order valence-corrected chi connectivity index (χ4v) is 2.58. The first-order valence-electron chi connectivity index (χ1n) is 6.82. The Labute approximate surface area is 113 Å². The number of carbonyl (C=O) groups excluding carboxylic acids is 1. The van der Waals surface area contributed by atoms with Crippen molar-refractivity contribution in [2.45, 2.75) is 26.8 Å². The van der Waals surface area contributed by atoms with Crippen molar-refractivity contribution in [1.82, 2.24) is 20.0 Å². The Kier molecular flexibility index (Phi) is 4.09. The highest BCUT2D eigenvalue weighted by atomic mass is 16.2. The second kappa shape index (κ2) is 5.61. The smallest absolute Gasteiger partial charge is 0.271 e. The molecule has 6 heteroatoms. The number of aromatic nitrogens is 2. The van der Waals surface area contributed by atoms with Crippen molar-refractivity contribution in [3.8, 4) is 0 Å². The van der Waals surface area contributed by atoms with E-state index >= 15 is 0 Å². The number of rotatable bonds is 4. The van der Waals surface area contributed by atoms with E-state index in [4.69, 9.17) is 5.73 Å². The Morgan fingerprint density at radius 1 is 1.58 bits per heavy atom. The van der Waals surface area contributed by atoms with Gasteiger partial charge in [0.15, 0.2) is 0 Å². The molecule has 1 aliphatic heterocycles. The molecule has 1 unspecified atom stereocenters. The van der Waals surface area contributed by atoms with Crippen LogP contribution in [0.1, 0.15) is 29.5 Å². The summed E-state index contributed by atoms with van der Waals surface area (Å²) >= 11 is 0. The van der Waals surface area contributed by atoms with Crippen molar-refractivity contribution in [2.75, 3.05) is 32.4 Å². The molecule has 0 aromatic carbocycles. The van der Waals surface area contributed by atoms with E-state index in [1.807, 2.05) is 13.8 Å². The molecule has 1 amide bonds. The lowest BCUT2D eigenvalue weighted by molar-refractivity contribution is 0.0938. The summed E-state index contributed by atoms with van der Waals surface area (Å²) in [6.07, 6.45) is 1.14. The second-order valence-electron chi connectivity index (χ2n) is 5.29. The Hall–Kier alpha value is -1.56. The maximum Gasteiger partial charge on any atom is 0.271 e. The van der Waals surface area contributed by atoms with Crippen LogP contribution in [-0.2, 0) is 6.54 Å². The van der Waals surface area contributed by atoms with Crippen LogP contribution < -0.4 is 11.1 Å². The number of nitrogens with one attached hydrogen (secondary N) is 1. The average Bonchev–Trinajstić information content (AvgIpc) is 2.92. The van der Waals surface area contributed by atoms with Gasteiger partial charge >= 0.3 is 0 Å². The number of nitrogens with two attached hydrogens (primary N) is 1. The zero-order chi connectivity index (χ0) is 14.0. The maximum absolute atomic E-state index is 12.2. The maximum atomic E-state index is 12.2. The number of carbonyl (C=O) groups is 1. The lowest BCUT2D eigenvalue weighted by atomic mass is 10.1. The molecule has 1 fully saturated rings. The summed E-state index contributed by atoms with van der Waals surface area (Å²) in [6, 6.07) is 0. The van der Waals surface area contributed by atoms with Gasteiger partial charge < -0.3 is 16.0 Å². The van der Waals surface area contributed by atoms with Gasteiger partial charge in [-0.25, -0.2) is 0 Å². The number of nitrogen functional groups attached to an aromatic ring is 1. The van der Waals surface area contributed by atoms with Crippen molar-refractivity contribution in [1.29, 1.82) is 0 Å². The number of hydrogen-bond donors (Lipinski definition) is 2. The van der Waals surface area contributed by atoms with Crippen LogP contribution in [0.15, 0.2) is 0 Å². The van der Waals surface area contributed by atoms with Gasteiger partial charge in [0.1, 0.15) is 5.69 Å². The lowest BCUT2D eigenvalue weighted by Crippen LogP contribution is -2.32. The molecular formula is C13H23N5O. The number of hydrogen-bond acceptors (Lipinski definition) is 4. The molecule has 3 N–H and O–H groups in total. The topological polar surface area (TPSA) is 76.2 Å². The van der Waals surface area contributed by atoms with Gasteiger partial charge in [0.2, 0.25) is 0 Å². The van der Waals surface area contributed by atoms with Gasteiger partial charge in [-0.3, -0.25) is 9.48 Å². The van der Waals surface area contributed by atoms with E-state index in [1.165, 1.54) is 0 Å². The zero-order valence-electron chi connectivity index (χ0n) is 11.9. The van der Waals surface area contributed by atoms with Crippen molar-refractivity contribution < 1.29 is 4.79 Å². The second-order valence-corrected chi connectivity index (χ2v) is 5.29. The quantitative estimate of drug-likeness (QED) is 0.830. The third-order valence-electron chi connectivity index (χ3n) is 3.73. The fraction of sp³-hybridized carbons (Fsp3) is 0.692. The summed E-state index contributed by atoms with van der Waals surface area (Å²) in [4.78, 5) is 14.5. The molecule has 19 heavy (non-hydrogen) atoms. The molecule has 2 heterocycles. The Morgan fingerprint density at radius 3 is 2.89 bits per heavy atom. The van der Waals surface area contributed by atoms with Crippen molar-refractivity contribution >= 4 is 11.6 Å². The van der Waals surface area contributed by atoms with Gasteiger partial charge in [0, 0.05) is 19.6 Å². The Bertz CT molecular complexity index is 468. The van der Waals surface area contributed by atoms with Crippen LogP contribution in [0.4, 0.5) is 5.69 Å². The van der Waals surface area contributed by atoms with E-state index in [1.54, 1.807) is 4.68 Å². The van der Waals surface area contributed by atoms with Gasteiger partial charge in [-0.15, -0.1) is 0 Å². The van der Waals surface area contributed by atoms with E-state index in [-0.39, 0.29) is 5.91 Å². The van der Waals surface area contributed by atoms with Crippen LogP contribution in [0.3, 0.4) is 0 Å². The van der Waals surface area contributed by atoms with E-state index in [0.29, 0.717) is 36.1 Å². The summed E-state index contributed by atoms with van der Waals surface area (Å²) < 4.78 is 1.67. The monoisotopic (exact) mass is 265 g/mol. The van der Waals surface area contributed by atoms with Crippen LogP contribution in [0.2, 0.25) is 0 Å². The highest BCUT2D eigenvalue weighted by Gasteiger charge is 2.23. The van der Waals surface area contributed by atoms with Crippen LogP contribution in [0.25, 0.3) is 0 Å². The number of amides is 1. The first-order chi connectivity index (χ1) is 9.02. The third-order valence-corrected chi connectivity index (χ3v) is 3.73. The van der Waals surface area contributed by atoms with Crippen LogP contribution in [0.5, 0.6) is 0 Å². The zero-order valence-corrected chi connectivity index (χ0v) is 11.9. The molecule has 0 spiro atoms. The average molecular weight is 265 g/mol. The van der Waals surface area contributed by atoms with Crippen LogP contribution >= 0.6 is 0 Å². The predicted molar refractivity (Wildman–Crippen MR) is 75.0 cm³/mol. The molecule has 0 bridgehead atoms. The SMILES string of the molecule is CCn1nc(C)c(N)c1C(=O)NCC1CCN(C)C1. The van der Waals surface area contributed by atoms with Crippen molar-refractivity contribution in [3.63, 3.8) is 0 Å². The predicted octanol–water partition coefficient (Wildman–Crippen LogP) is 0.475. The minimum atomic E-state index is -0.116.